The lowest BCUT2D eigenvalue weighted by Gasteiger charge is -2.30. The summed E-state index contributed by atoms with van der Waals surface area (Å²) in [7, 11) is 0. The average Bonchev–Trinajstić information content (AvgIpc) is 2.84. The Morgan fingerprint density at radius 1 is 1.28 bits per heavy atom. The molecule has 2 atom stereocenters. The van der Waals surface area contributed by atoms with E-state index in [1.54, 1.807) is 0 Å². The normalized spacial score (nSPS) is 20.4. The van der Waals surface area contributed by atoms with Crippen LogP contribution in [0.4, 0.5) is 0 Å². The van der Waals surface area contributed by atoms with E-state index in [0.717, 1.165) is 22.2 Å². The molecule has 1 aliphatic heterocycles. The molecule has 2 aromatic rings. The number of nitrogens with two attached hydrogens (primary N) is 1. The van der Waals surface area contributed by atoms with Crippen molar-refractivity contribution in [2.75, 3.05) is 6.61 Å². The molecule has 2 N–H and O–H groups in total. The fraction of sp³-hybridized carbons (Fsp3) is 0.286. The number of hydrogen-bond donors (Lipinski definition) is 1. The molecular weight excluding hydrogens is 266 g/mol. The van der Waals surface area contributed by atoms with Crippen molar-refractivity contribution in [2.45, 2.75) is 18.6 Å². The van der Waals surface area contributed by atoms with Crippen molar-refractivity contribution in [3.05, 3.63) is 56.7 Å². The first-order valence-corrected chi connectivity index (χ1v) is 7.15. The second-order valence-electron chi connectivity index (χ2n) is 4.41. The molecule has 94 valence electrons. The van der Waals surface area contributed by atoms with E-state index in [2.05, 4.69) is 18.2 Å². The van der Waals surface area contributed by atoms with Gasteiger partial charge in [0.2, 0.25) is 0 Å². The van der Waals surface area contributed by atoms with Crippen LogP contribution < -0.4 is 5.73 Å². The van der Waals surface area contributed by atoms with Gasteiger partial charge in [-0.1, -0.05) is 35.9 Å². The van der Waals surface area contributed by atoms with Crippen LogP contribution >= 0.6 is 22.9 Å². The third-order valence-electron chi connectivity index (χ3n) is 3.28. The average molecular weight is 280 g/mol. The van der Waals surface area contributed by atoms with Gasteiger partial charge in [-0.15, -0.1) is 11.3 Å². The highest BCUT2D eigenvalue weighted by atomic mass is 35.5. The SMILES string of the molecule is NC(c1ccc(Cl)s1)C1OCCc2ccccc21. The quantitative estimate of drug-likeness (QED) is 0.909. The first-order valence-electron chi connectivity index (χ1n) is 5.96. The number of halogens is 1. The minimum atomic E-state index is -0.149. The maximum absolute atomic E-state index is 6.32. The van der Waals surface area contributed by atoms with Crippen LogP contribution in [0, 0.1) is 0 Å². The second kappa shape index (κ2) is 5.02. The lowest BCUT2D eigenvalue weighted by atomic mass is 9.93. The summed E-state index contributed by atoms with van der Waals surface area (Å²) >= 11 is 7.49. The molecule has 1 aliphatic rings. The third kappa shape index (κ3) is 2.19. The predicted octanol–water partition coefficient (Wildman–Crippen LogP) is 3.72. The summed E-state index contributed by atoms with van der Waals surface area (Å²) in [6.45, 7) is 0.731. The Bertz CT molecular complexity index is 554. The van der Waals surface area contributed by atoms with Gasteiger partial charge in [0.05, 0.1) is 17.0 Å². The van der Waals surface area contributed by atoms with Crippen LogP contribution in [0.5, 0.6) is 0 Å². The topological polar surface area (TPSA) is 35.2 Å². The van der Waals surface area contributed by atoms with E-state index in [-0.39, 0.29) is 12.1 Å². The van der Waals surface area contributed by atoms with Gasteiger partial charge in [-0.05, 0) is 29.7 Å². The van der Waals surface area contributed by atoms with Crippen molar-refractivity contribution in [3.63, 3.8) is 0 Å². The van der Waals surface area contributed by atoms with Crippen LogP contribution in [0.25, 0.3) is 0 Å². The molecule has 18 heavy (non-hydrogen) atoms. The lowest BCUT2D eigenvalue weighted by molar-refractivity contribution is 0.0248. The van der Waals surface area contributed by atoms with E-state index in [4.69, 9.17) is 22.1 Å². The summed E-state index contributed by atoms with van der Waals surface area (Å²) in [5.74, 6) is 0. The highest BCUT2D eigenvalue weighted by molar-refractivity contribution is 7.16. The molecule has 0 aliphatic carbocycles. The molecule has 1 aromatic carbocycles. The summed E-state index contributed by atoms with van der Waals surface area (Å²) in [4.78, 5) is 1.07. The Morgan fingerprint density at radius 3 is 2.89 bits per heavy atom. The van der Waals surface area contributed by atoms with Crippen molar-refractivity contribution < 1.29 is 4.74 Å². The Kier molecular flexibility index (Phi) is 3.39. The molecule has 2 nitrogen and oxygen atoms in total. The minimum absolute atomic E-state index is 0.0651. The fourth-order valence-corrected chi connectivity index (χ4v) is 3.47. The zero-order chi connectivity index (χ0) is 12.5. The molecule has 4 heteroatoms. The number of benzene rings is 1. The summed E-state index contributed by atoms with van der Waals surface area (Å²) in [6, 6.07) is 12.1. The van der Waals surface area contributed by atoms with Gasteiger partial charge in [-0.25, -0.2) is 0 Å². The van der Waals surface area contributed by atoms with Crippen LogP contribution in [0.3, 0.4) is 0 Å². The molecule has 3 rings (SSSR count). The Morgan fingerprint density at radius 2 is 2.11 bits per heavy atom. The minimum Gasteiger partial charge on any atom is -0.371 e. The molecule has 1 aromatic heterocycles. The fourth-order valence-electron chi connectivity index (χ4n) is 2.38. The number of rotatable bonds is 2. The molecule has 0 bridgehead atoms. The molecule has 0 fully saturated rings. The predicted molar refractivity (Wildman–Crippen MR) is 75.1 cm³/mol. The highest BCUT2D eigenvalue weighted by Crippen LogP contribution is 2.38. The number of thiophene rings is 1. The number of ether oxygens (including phenoxy) is 1. The van der Waals surface area contributed by atoms with E-state index in [0.29, 0.717) is 0 Å². The van der Waals surface area contributed by atoms with E-state index in [1.165, 1.54) is 22.5 Å². The number of hydrogen-bond acceptors (Lipinski definition) is 3. The smallest absolute Gasteiger partial charge is 0.103 e. The molecule has 2 unspecified atom stereocenters. The van der Waals surface area contributed by atoms with Gasteiger partial charge in [-0.3, -0.25) is 0 Å². The maximum atomic E-state index is 6.32. The monoisotopic (exact) mass is 279 g/mol. The zero-order valence-corrected chi connectivity index (χ0v) is 11.4. The summed E-state index contributed by atoms with van der Waals surface area (Å²) < 4.78 is 6.64. The molecule has 2 heterocycles. The van der Waals surface area contributed by atoms with E-state index < -0.39 is 0 Å². The largest absolute Gasteiger partial charge is 0.371 e. The van der Waals surface area contributed by atoms with Crippen molar-refractivity contribution in [3.8, 4) is 0 Å². The molecule has 0 radical (unpaired) electrons. The van der Waals surface area contributed by atoms with Crippen LogP contribution in [-0.4, -0.2) is 6.61 Å². The van der Waals surface area contributed by atoms with Crippen molar-refractivity contribution in [1.29, 1.82) is 0 Å². The van der Waals surface area contributed by atoms with Gasteiger partial charge in [-0.2, -0.15) is 0 Å². The van der Waals surface area contributed by atoms with Crippen LogP contribution in [-0.2, 0) is 11.2 Å². The summed E-state index contributed by atoms with van der Waals surface area (Å²) in [5.41, 5.74) is 8.87. The second-order valence-corrected chi connectivity index (χ2v) is 6.15. The Hall–Kier alpha value is -0.870. The lowest BCUT2D eigenvalue weighted by Crippen LogP contribution is -2.26. The van der Waals surface area contributed by atoms with Gasteiger partial charge in [0.25, 0.3) is 0 Å². The van der Waals surface area contributed by atoms with Crippen molar-refractivity contribution in [1.82, 2.24) is 0 Å². The van der Waals surface area contributed by atoms with Crippen molar-refractivity contribution in [2.24, 2.45) is 5.73 Å². The summed E-state index contributed by atoms with van der Waals surface area (Å²) in [5, 5.41) is 0. The number of fused-ring (bicyclic) bond motifs is 1. The highest BCUT2D eigenvalue weighted by Gasteiger charge is 2.28. The molecular formula is C14H14ClNOS. The van der Waals surface area contributed by atoms with Gasteiger partial charge >= 0.3 is 0 Å². The van der Waals surface area contributed by atoms with E-state index >= 15 is 0 Å². The van der Waals surface area contributed by atoms with Gasteiger partial charge in [0.1, 0.15) is 6.10 Å². The van der Waals surface area contributed by atoms with Gasteiger partial charge < -0.3 is 10.5 Å². The molecule has 0 spiro atoms. The van der Waals surface area contributed by atoms with Gasteiger partial charge in [0, 0.05) is 4.88 Å². The van der Waals surface area contributed by atoms with Gasteiger partial charge in [0.15, 0.2) is 0 Å². The standard InChI is InChI=1S/C14H14ClNOS/c15-12-6-5-11(18-12)13(16)14-10-4-2-1-3-9(10)7-8-17-14/h1-6,13-14H,7-8,16H2. The van der Waals surface area contributed by atoms with Crippen molar-refractivity contribution >= 4 is 22.9 Å². The molecule has 0 saturated carbocycles. The van der Waals surface area contributed by atoms with E-state index in [9.17, 15) is 0 Å². The zero-order valence-electron chi connectivity index (χ0n) is 9.80. The van der Waals surface area contributed by atoms with Crippen LogP contribution in [0.15, 0.2) is 36.4 Å². The Labute approximate surface area is 115 Å². The first-order chi connectivity index (χ1) is 8.75. The van der Waals surface area contributed by atoms with E-state index in [1.807, 2.05) is 18.2 Å². The molecule has 0 amide bonds. The summed E-state index contributed by atoms with van der Waals surface area (Å²) in [6.07, 6.45) is 0.898. The van der Waals surface area contributed by atoms with Crippen LogP contribution in [0.1, 0.15) is 28.1 Å². The molecule has 0 saturated heterocycles. The maximum Gasteiger partial charge on any atom is 0.103 e. The van der Waals surface area contributed by atoms with Crippen LogP contribution in [0.2, 0.25) is 4.34 Å². The Balaban J connectivity index is 1.94. The first kappa shape index (κ1) is 12.2. The third-order valence-corrected chi connectivity index (χ3v) is 4.61.